The van der Waals surface area contributed by atoms with Crippen molar-refractivity contribution in [3.8, 4) is 0 Å². The first-order chi connectivity index (χ1) is 6.75. The second-order valence-electron chi connectivity index (χ2n) is 4.80. The molecule has 0 aromatic carbocycles. The number of hydrogen-bond donors (Lipinski definition) is 0. The predicted octanol–water partition coefficient (Wildman–Crippen LogP) is 1.15. The first kappa shape index (κ1) is 10.4. The summed E-state index contributed by atoms with van der Waals surface area (Å²) in [7, 11) is 4.28. The summed E-state index contributed by atoms with van der Waals surface area (Å²) in [6, 6.07) is 0. The highest BCUT2D eigenvalue weighted by Crippen LogP contribution is 2.29. The van der Waals surface area contributed by atoms with E-state index in [0.29, 0.717) is 12.3 Å². The molecule has 2 fully saturated rings. The van der Waals surface area contributed by atoms with E-state index in [-0.39, 0.29) is 0 Å². The molecule has 0 aliphatic carbocycles. The van der Waals surface area contributed by atoms with Gasteiger partial charge in [-0.05, 0) is 46.3 Å². The first-order valence-corrected chi connectivity index (χ1v) is 5.80. The lowest BCUT2D eigenvalue weighted by atomic mass is 10.1. The van der Waals surface area contributed by atoms with E-state index < -0.39 is 0 Å². The van der Waals surface area contributed by atoms with E-state index in [1.54, 1.807) is 0 Å². The minimum atomic E-state index is 0.455. The van der Waals surface area contributed by atoms with Crippen LogP contribution in [0.4, 0.5) is 0 Å². The zero-order valence-corrected chi connectivity index (χ0v) is 9.41. The molecule has 0 saturated carbocycles. The molecule has 2 rings (SSSR count). The fraction of sp³-hybridized carbons (Fsp3) is 1.00. The van der Waals surface area contributed by atoms with Crippen LogP contribution in [0, 0.1) is 0 Å². The average Bonchev–Trinajstić information content (AvgIpc) is 2.41. The smallest absolute Gasteiger partial charge is 0.111 e. The van der Waals surface area contributed by atoms with E-state index in [0.717, 1.165) is 0 Å². The van der Waals surface area contributed by atoms with Crippen LogP contribution in [0.5, 0.6) is 0 Å². The monoisotopic (exact) mass is 198 g/mol. The SMILES string of the molecule is CN(C)CCCN1CC2CCCC1O2. The number of likely N-dealkylation sites (tertiary alicyclic amines) is 1. The maximum atomic E-state index is 5.88. The summed E-state index contributed by atoms with van der Waals surface area (Å²) in [6.45, 7) is 3.57. The lowest BCUT2D eigenvalue weighted by Gasteiger charge is -2.24. The van der Waals surface area contributed by atoms with Crippen LogP contribution in [0.2, 0.25) is 0 Å². The molecule has 2 bridgehead atoms. The lowest BCUT2D eigenvalue weighted by molar-refractivity contribution is -0.0336. The van der Waals surface area contributed by atoms with E-state index in [9.17, 15) is 0 Å². The summed E-state index contributed by atoms with van der Waals surface area (Å²) in [4.78, 5) is 4.78. The largest absolute Gasteiger partial charge is 0.359 e. The molecular weight excluding hydrogens is 176 g/mol. The van der Waals surface area contributed by atoms with E-state index in [2.05, 4.69) is 23.9 Å². The summed E-state index contributed by atoms with van der Waals surface area (Å²) in [5, 5.41) is 0. The quantitative estimate of drug-likeness (QED) is 0.674. The maximum absolute atomic E-state index is 5.88. The molecule has 2 unspecified atom stereocenters. The zero-order valence-electron chi connectivity index (χ0n) is 9.41. The molecule has 0 spiro atoms. The van der Waals surface area contributed by atoms with E-state index >= 15 is 0 Å². The van der Waals surface area contributed by atoms with Gasteiger partial charge in [0, 0.05) is 13.1 Å². The first-order valence-electron chi connectivity index (χ1n) is 5.80. The Morgan fingerprint density at radius 2 is 2.21 bits per heavy atom. The number of rotatable bonds is 4. The Kier molecular flexibility index (Phi) is 3.42. The highest BCUT2D eigenvalue weighted by molar-refractivity contribution is 4.82. The van der Waals surface area contributed by atoms with Gasteiger partial charge in [-0.15, -0.1) is 0 Å². The van der Waals surface area contributed by atoms with Gasteiger partial charge in [-0.2, -0.15) is 0 Å². The van der Waals surface area contributed by atoms with Gasteiger partial charge in [-0.1, -0.05) is 0 Å². The molecule has 14 heavy (non-hydrogen) atoms. The van der Waals surface area contributed by atoms with Crippen LogP contribution in [0.3, 0.4) is 0 Å². The van der Waals surface area contributed by atoms with Crippen LogP contribution < -0.4 is 0 Å². The van der Waals surface area contributed by atoms with Crippen molar-refractivity contribution < 1.29 is 4.74 Å². The molecule has 2 aliphatic rings. The molecule has 0 aromatic rings. The third-order valence-electron chi connectivity index (χ3n) is 3.22. The highest BCUT2D eigenvalue weighted by Gasteiger charge is 2.35. The number of nitrogens with zero attached hydrogens (tertiary/aromatic N) is 2. The van der Waals surface area contributed by atoms with Crippen molar-refractivity contribution in [3.05, 3.63) is 0 Å². The van der Waals surface area contributed by atoms with E-state index in [1.165, 1.54) is 45.3 Å². The van der Waals surface area contributed by atoms with Crippen LogP contribution in [-0.2, 0) is 4.74 Å². The van der Waals surface area contributed by atoms with Crippen LogP contribution >= 0.6 is 0 Å². The van der Waals surface area contributed by atoms with E-state index in [1.807, 2.05) is 0 Å². The third kappa shape index (κ3) is 2.47. The van der Waals surface area contributed by atoms with Crippen molar-refractivity contribution in [3.63, 3.8) is 0 Å². The molecule has 2 atom stereocenters. The average molecular weight is 198 g/mol. The molecular formula is C11H22N2O. The topological polar surface area (TPSA) is 15.7 Å². The van der Waals surface area contributed by atoms with Crippen LogP contribution in [-0.4, -0.2) is 55.9 Å². The molecule has 0 N–H and O–H groups in total. The Labute approximate surface area is 87.0 Å². The van der Waals surface area contributed by atoms with Gasteiger partial charge in [0.05, 0.1) is 6.10 Å². The molecule has 2 heterocycles. The van der Waals surface area contributed by atoms with Gasteiger partial charge >= 0.3 is 0 Å². The van der Waals surface area contributed by atoms with Crippen molar-refractivity contribution in [2.24, 2.45) is 0 Å². The third-order valence-corrected chi connectivity index (χ3v) is 3.22. The zero-order chi connectivity index (χ0) is 9.97. The minimum absolute atomic E-state index is 0.455. The second kappa shape index (κ2) is 4.60. The summed E-state index contributed by atoms with van der Waals surface area (Å²) >= 11 is 0. The Morgan fingerprint density at radius 3 is 2.93 bits per heavy atom. The molecule has 0 amide bonds. The maximum Gasteiger partial charge on any atom is 0.111 e. The second-order valence-corrected chi connectivity index (χ2v) is 4.80. The molecule has 3 heteroatoms. The summed E-state index contributed by atoms with van der Waals surface area (Å²) in [6.07, 6.45) is 6.15. The van der Waals surface area contributed by atoms with Gasteiger partial charge in [0.1, 0.15) is 6.23 Å². The van der Waals surface area contributed by atoms with Gasteiger partial charge in [-0.25, -0.2) is 0 Å². The fourth-order valence-corrected chi connectivity index (χ4v) is 2.49. The molecule has 0 aromatic heterocycles. The normalized spacial score (nSPS) is 32.8. The van der Waals surface area contributed by atoms with Crippen molar-refractivity contribution in [1.29, 1.82) is 0 Å². The molecule has 2 saturated heterocycles. The molecule has 2 aliphatic heterocycles. The van der Waals surface area contributed by atoms with Gasteiger partial charge in [0.25, 0.3) is 0 Å². The number of hydrogen-bond acceptors (Lipinski definition) is 3. The van der Waals surface area contributed by atoms with Gasteiger partial charge in [0.15, 0.2) is 0 Å². The van der Waals surface area contributed by atoms with Crippen molar-refractivity contribution in [2.75, 3.05) is 33.7 Å². The molecule has 82 valence electrons. The molecule has 0 radical (unpaired) electrons. The minimum Gasteiger partial charge on any atom is -0.359 e. The summed E-state index contributed by atoms with van der Waals surface area (Å²) < 4.78 is 5.88. The standard InChI is InChI=1S/C11H22N2O/c1-12(2)7-4-8-13-9-10-5-3-6-11(13)14-10/h10-11H,3-9H2,1-2H3. The lowest BCUT2D eigenvalue weighted by Crippen LogP contribution is -2.32. The summed E-state index contributed by atoms with van der Waals surface area (Å²) in [5.41, 5.74) is 0. The Balaban J connectivity index is 1.71. The van der Waals surface area contributed by atoms with E-state index in [4.69, 9.17) is 4.74 Å². The van der Waals surface area contributed by atoms with Crippen molar-refractivity contribution in [1.82, 2.24) is 9.80 Å². The number of ether oxygens (including phenoxy) is 1. The van der Waals surface area contributed by atoms with Crippen LogP contribution in [0.25, 0.3) is 0 Å². The Morgan fingerprint density at radius 1 is 1.36 bits per heavy atom. The van der Waals surface area contributed by atoms with Gasteiger partial charge < -0.3 is 9.64 Å². The Hall–Kier alpha value is -0.120. The van der Waals surface area contributed by atoms with Crippen LogP contribution in [0.15, 0.2) is 0 Å². The molecule has 3 nitrogen and oxygen atoms in total. The highest BCUT2D eigenvalue weighted by atomic mass is 16.5. The van der Waals surface area contributed by atoms with Crippen molar-refractivity contribution in [2.45, 2.75) is 38.0 Å². The summed E-state index contributed by atoms with van der Waals surface area (Å²) in [5.74, 6) is 0. The van der Waals surface area contributed by atoms with Crippen LogP contribution in [0.1, 0.15) is 25.7 Å². The van der Waals surface area contributed by atoms with Crippen molar-refractivity contribution >= 4 is 0 Å². The number of fused-ring (bicyclic) bond motifs is 2. The Bertz CT molecular complexity index is 184. The van der Waals surface area contributed by atoms with Gasteiger partial charge in [0.2, 0.25) is 0 Å². The predicted molar refractivity (Wildman–Crippen MR) is 57.3 cm³/mol. The van der Waals surface area contributed by atoms with Gasteiger partial charge in [-0.3, -0.25) is 4.90 Å². The fourth-order valence-electron chi connectivity index (χ4n) is 2.49.